The second-order valence-corrected chi connectivity index (χ2v) is 7.80. The summed E-state index contributed by atoms with van der Waals surface area (Å²) in [7, 11) is 2.57. The zero-order chi connectivity index (χ0) is 21.8. The lowest BCUT2D eigenvalue weighted by atomic mass is 9.54. The van der Waals surface area contributed by atoms with Crippen LogP contribution in [-0.2, 0) is 30.3 Å². The Hall–Kier alpha value is -2.97. The van der Waals surface area contributed by atoms with Crippen LogP contribution in [0.4, 0.5) is 5.69 Å². The molecule has 1 aromatic rings. The summed E-state index contributed by atoms with van der Waals surface area (Å²) < 4.78 is 9.57. The number of hydrogen-bond acceptors (Lipinski definition) is 7. The summed E-state index contributed by atoms with van der Waals surface area (Å²) in [5.41, 5.74) is 0.227. The van der Waals surface area contributed by atoms with Crippen molar-refractivity contribution in [3.05, 3.63) is 39.9 Å². The SMILES string of the molecule is COC(=O)C(Cc1ccc([N+](=O)[O-])cc1)NC(=O)CC1CC(C(=O)OC)C1(C)C. The molecule has 0 aromatic heterocycles. The van der Waals surface area contributed by atoms with Crippen molar-refractivity contribution in [1.82, 2.24) is 5.32 Å². The molecule has 1 aromatic carbocycles. The van der Waals surface area contributed by atoms with Crippen LogP contribution in [0, 0.1) is 27.4 Å². The van der Waals surface area contributed by atoms with Crippen LogP contribution in [0.3, 0.4) is 0 Å². The molecule has 0 saturated heterocycles. The van der Waals surface area contributed by atoms with Gasteiger partial charge in [0.15, 0.2) is 0 Å². The van der Waals surface area contributed by atoms with Gasteiger partial charge in [0.05, 0.1) is 25.1 Å². The number of esters is 2. The second-order valence-electron chi connectivity index (χ2n) is 7.80. The van der Waals surface area contributed by atoms with E-state index < -0.39 is 16.9 Å². The Labute approximate surface area is 168 Å². The van der Waals surface area contributed by atoms with E-state index in [0.29, 0.717) is 12.0 Å². The maximum Gasteiger partial charge on any atom is 0.328 e. The minimum Gasteiger partial charge on any atom is -0.469 e. The number of nitro groups is 1. The summed E-state index contributed by atoms with van der Waals surface area (Å²) in [4.78, 5) is 46.7. The first-order valence-electron chi connectivity index (χ1n) is 9.28. The number of benzene rings is 1. The van der Waals surface area contributed by atoms with Gasteiger partial charge in [-0.25, -0.2) is 4.79 Å². The lowest BCUT2D eigenvalue weighted by Crippen LogP contribution is -2.52. The average molecular weight is 406 g/mol. The van der Waals surface area contributed by atoms with Crippen LogP contribution in [0.2, 0.25) is 0 Å². The highest BCUT2D eigenvalue weighted by molar-refractivity contribution is 5.85. The number of non-ortho nitro benzene ring substituents is 1. The number of carbonyl (C=O) groups excluding carboxylic acids is 3. The number of ether oxygens (including phenoxy) is 2. The molecule has 1 saturated carbocycles. The van der Waals surface area contributed by atoms with Crippen molar-refractivity contribution in [2.75, 3.05) is 14.2 Å². The predicted octanol–water partition coefficient (Wildman–Crippen LogP) is 2.02. The number of rotatable bonds is 8. The average Bonchev–Trinajstić information content (AvgIpc) is 2.69. The van der Waals surface area contributed by atoms with Crippen molar-refractivity contribution >= 4 is 23.5 Å². The molecule has 9 nitrogen and oxygen atoms in total. The topological polar surface area (TPSA) is 125 Å². The summed E-state index contributed by atoms with van der Waals surface area (Å²) in [6.07, 6.45) is 0.877. The van der Waals surface area contributed by atoms with E-state index in [1.165, 1.54) is 38.5 Å². The Morgan fingerprint density at radius 2 is 1.83 bits per heavy atom. The fourth-order valence-corrected chi connectivity index (χ4v) is 3.71. The van der Waals surface area contributed by atoms with Gasteiger partial charge in [-0.2, -0.15) is 0 Å². The number of nitrogens with one attached hydrogen (secondary N) is 1. The molecule has 3 atom stereocenters. The number of carbonyl (C=O) groups is 3. The van der Waals surface area contributed by atoms with E-state index in [1.807, 2.05) is 13.8 Å². The van der Waals surface area contributed by atoms with Crippen LogP contribution in [0.15, 0.2) is 24.3 Å². The molecule has 1 aliphatic carbocycles. The minimum absolute atomic E-state index is 0.00993. The van der Waals surface area contributed by atoms with Crippen molar-refractivity contribution in [1.29, 1.82) is 0 Å². The quantitative estimate of drug-likeness (QED) is 0.398. The van der Waals surface area contributed by atoms with Gasteiger partial charge >= 0.3 is 11.9 Å². The molecule has 1 aliphatic rings. The zero-order valence-electron chi connectivity index (χ0n) is 17.0. The zero-order valence-corrected chi connectivity index (χ0v) is 17.0. The van der Waals surface area contributed by atoms with Crippen LogP contribution < -0.4 is 5.32 Å². The van der Waals surface area contributed by atoms with Gasteiger partial charge in [-0.15, -0.1) is 0 Å². The number of nitrogens with zero attached hydrogens (tertiary/aromatic N) is 1. The highest BCUT2D eigenvalue weighted by Crippen LogP contribution is 2.53. The van der Waals surface area contributed by atoms with E-state index in [1.54, 1.807) is 0 Å². The van der Waals surface area contributed by atoms with Crippen molar-refractivity contribution in [2.24, 2.45) is 17.3 Å². The van der Waals surface area contributed by atoms with Gasteiger partial charge in [0, 0.05) is 25.0 Å². The summed E-state index contributed by atoms with van der Waals surface area (Å²) in [6, 6.07) is 4.85. The molecule has 158 valence electrons. The van der Waals surface area contributed by atoms with E-state index in [-0.39, 0.29) is 47.7 Å². The largest absolute Gasteiger partial charge is 0.469 e. The molecule has 2 rings (SSSR count). The van der Waals surface area contributed by atoms with E-state index in [9.17, 15) is 24.5 Å². The Morgan fingerprint density at radius 3 is 2.31 bits per heavy atom. The molecule has 0 bridgehead atoms. The molecular formula is C20H26N2O7. The van der Waals surface area contributed by atoms with Gasteiger partial charge in [0.25, 0.3) is 5.69 Å². The highest BCUT2D eigenvalue weighted by atomic mass is 16.6. The van der Waals surface area contributed by atoms with Crippen LogP contribution in [0.25, 0.3) is 0 Å². The normalized spacial score (nSPS) is 20.7. The third-order valence-corrected chi connectivity index (χ3v) is 5.80. The lowest BCUT2D eigenvalue weighted by Gasteiger charge is -2.50. The predicted molar refractivity (Wildman–Crippen MR) is 103 cm³/mol. The van der Waals surface area contributed by atoms with Crippen LogP contribution in [0.1, 0.15) is 32.3 Å². The standard InChI is InChI=1S/C20H26N2O7/c1-20(2)13(10-15(20)18(24)28-3)11-17(23)21-16(19(25)29-4)9-12-5-7-14(8-6-12)22(26)27/h5-8,13,15-16H,9-11H2,1-4H3,(H,21,23). The van der Waals surface area contributed by atoms with Gasteiger partial charge in [0.1, 0.15) is 6.04 Å². The Balaban J connectivity index is 1.99. The first-order valence-corrected chi connectivity index (χ1v) is 9.28. The van der Waals surface area contributed by atoms with E-state index >= 15 is 0 Å². The Morgan fingerprint density at radius 1 is 1.21 bits per heavy atom. The van der Waals surface area contributed by atoms with Crippen LogP contribution in [0.5, 0.6) is 0 Å². The molecule has 1 N–H and O–H groups in total. The first kappa shape index (κ1) is 22.3. The van der Waals surface area contributed by atoms with Gasteiger partial charge in [-0.05, 0) is 23.3 Å². The molecule has 0 aliphatic heterocycles. The minimum atomic E-state index is -0.909. The summed E-state index contributed by atoms with van der Waals surface area (Å²) in [6.45, 7) is 3.84. The van der Waals surface area contributed by atoms with Gasteiger partial charge in [-0.3, -0.25) is 19.7 Å². The highest BCUT2D eigenvalue weighted by Gasteiger charge is 2.52. The number of hydrogen-bond donors (Lipinski definition) is 1. The maximum atomic E-state index is 12.5. The fraction of sp³-hybridized carbons (Fsp3) is 0.550. The van der Waals surface area contributed by atoms with Crippen molar-refractivity contribution in [3.63, 3.8) is 0 Å². The molecular weight excluding hydrogens is 380 g/mol. The number of amides is 1. The molecule has 0 spiro atoms. The van der Waals surface area contributed by atoms with Crippen LogP contribution >= 0.6 is 0 Å². The van der Waals surface area contributed by atoms with Gasteiger partial charge in [-0.1, -0.05) is 26.0 Å². The fourth-order valence-electron chi connectivity index (χ4n) is 3.71. The monoisotopic (exact) mass is 406 g/mol. The van der Waals surface area contributed by atoms with E-state index in [2.05, 4.69) is 5.32 Å². The van der Waals surface area contributed by atoms with E-state index in [0.717, 1.165) is 0 Å². The number of methoxy groups -OCH3 is 2. The smallest absolute Gasteiger partial charge is 0.328 e. The molecule has 3 unspecified atom stereocenters. The summed E-state index contributed by atoms with van der Waals surface area (Å²) in [5.74, 6) is -1.45. The van der Waals surface area contributed by atoms with Crippen LogP contribution in [-0.4, -0.2) is 43.0 Å². The summed E-state index contributed by atoms with van der Waals surface area (Å²) >= 11 is 0. The second kappa shape index (κ2) is 9.02. The third-order valence-electron chi connectivity index (χ3n) is 5.80. The van der Waals surface area contributed by atoms with Crippen molar-refractivity contribution in [3.8, 4) is 0 Å². The lowest BCUT2D eigenvalue weighted by molar-refractivity contribution is -0.384. The summed E-state index contributed by atoms with van der Waals surface area (Å²) in [5, 5.41) is 13.4. The molecule has 1 fully saturated rings. The van der Waals surface area contributed by atoms with Crippen molar-refractivity contribution < 1.29 is 28.8 Å². The molecule has 0 radical (unpaired) electrons. The Bertz CT molecular complexity index is 789. The molecule has 0 heterocycles. The van der Waals surface area contributed by atoms with Crippen molar-refractivity contribution in [2.45, 2.75) is 39.2 Å². The third kappa shape index (κ3) is 5.10. The maximum absolute atomic E-state index is 12.5. The molecule has 9 heteroatoms. The number of nitro benzene ring substituents is 1. The Kier molecular flexibility index (Phi) is 6.94. The molecule has 29 heavy (non-hydrogen) atoms. The van der Waals surface area contributed by atoms with E-state index in [4.69, 9.17) is 9.47 Å². The first-order chi connectivity index (χ1) is 13.6. The van der Waals surface area contributed by atoms with Gasteiger partial charge in [0.2, 0.25) is 5.91 Å². The molecule has 1 amide bonds. The van der Waals surface area contributed by atoms with Gasteiger partial charge < -0.3 is 14.8 Å².